The van der Waals surface area contributed by atoms with Crippen molar-refractivity contribution >= 4 is 38.2 Å². The zero-order valence-electron chi connectivity index (χ0n) is 40.9. The van der Waals surface area contributed by atoms with Crippen molar-refractivity contribution in [3.05, 3.63) is 107 Å². The Hall–Kier alpha value is -5.33. The van der Waals surface area contributed by atoms with Gasteiger partial charge in [-0.05, 0) is 105 Å². The predicted molar refractivity (Wildman–Crippen MR) is 253 cm³/mol. The molecular weight excluding hydrogens is 903 g/mol. The number of amides is 6. The van der Waals surface area contributed by atoms with Crippen LogP contribution in [0.25, 0.3) is 0 Å². The first-order chi connectivity index (χ1) is 31.6. The highest BCUT2D eigenvalue weighted by Gasteiger charge is 2.43. The van der Waals surface area contributed by atoms with Crippen LogP contribution in [0.4, 0.5) is 27.2 Å². The fourth-order valence-corrected chi connectivity index (χ4v) is 8.67. The molecule has 3 aromatic carbocycles. The number of nitrogens with zero attached hydrogens (tertiary/aromatic N) is 1. The van der Waals surface area contributed by atoms with Crippen LogP contribution in [0.1, 0.15) is 84.1 Å². The molecule has 0 radical (unpaired) electrons. The summed E-state index contributed by atoms with van der Waals surface area (Å²) in [4.78, 5) is 71.2. The van der Waals surface area contributed by atoms with E-state index in [1.807, 2.05) is 33.9 Å². The van der Waals surface area contributed by atoms with Crippen molar-refractivity contribution in [3.63, 3.8) is 0 Å². The summed E-state index contributed by atoms with van der Waals surface area (Å²) in [5.41, 5.74) is -0.0561. The van der Waals surface area contributed by atoms with Crippen molar-refractivity contribution < 1.29 is 55.4 Å². The monoisotopic (exact) mass is 971 g/mol. The van der Waals surface area contributed by atoms with Gasteiger partial charge in [0.15, 0.2) is 8.32 Å². The van der Waals surface area contributed by atoms with Gasteiger partial charge in [0.1, 0.15) is 23.5 Å². The van der Waals surface area contributed by atoms with Crippen LogP contribution in [0, 0.1) is 17.7 Å². The molecule has 6 amide bonds. The lowest BCUT2D eigenvalue weighted by Crippen LogP contribution is -2.59. The molecule has 5 atom stereocenters. The van der Waals surface area contributed by atoms with E-state index in [4.69, 9.17) is 13.9 Å². The first-order valence-electron chi connectivity index (χ1n) is 23.0. The molecule has 374 valence electrons. The topological polar surface area (TPSA) is 164 Å². The smallest absolute Gasteiger partial charge is 0.416 e. The van der Waals surface area contributed by atoms with Crippen molar-refractivity contribution in [2.45, 2.75) is 135 Å². The molecule has 0 aliphatic carbocycles. The molecule has 0 spiro atoms. The number of carbonyl (C=O) groups excluding carboxylic acids is 5. The second-order valence-electron chi connectivity index (χ2n) is 20.2. The van der Waals surface area contributed by atoms with E-state index in [-0.39, 0.29) is 43.8 Å². The fourth-order valence-electron chi connectivity index (χ4n) is 7.30. The van der Waals surface area contributed by atoms with E-state index in [1.165, 1.54) is 29.2 Å². The van der Waals surface area contributed by atoms with Gasteiger partial charge < -0.3 is 34.8 Å². The Morgan fingerprint density at radius 2 is 1.28 bits per heavy atom. The third-order valence-corrected chi connectivity index (χ3v) is 16.6. The lowest BCUT2D eigenvalue weighted by atomic mass is 9.88. The van der Waals surface area contributed by atoms with Crippen LogP contribution in [0.5, 0.6) is 0 Å². The predicted octanol–water partition coefficient (Wildman–Crippen LogP) is 8.36. The zero-order chi connectivity index (χ0) is 50.6. The van der Waals surface area contributed by atoms with Crippen molar-refractivity contribution in [2.75, 3.05) is 26.3 Å². The third kappa shape index (κ3) is 17.3. The van der Waals surface area contributed by atoms with Gasteiger partial charge in [0.2, 0.25) is 11.8 Å². The molecule has 3 aromatic rings. The minimum Gasteiger partial charge on any atom is -0.444 e. The van der Waals surface area contributed by atoms with Crippen molar-refractivity contribution in [1.82, 2.24) is 26.2 Å². The Balaban J connectivity index is 1.75. The summed E-state index contributed by atoms with van der Waals surface area (Å²) >= 11 is 0. The van der Waals surface area contributed by atoms with Gasteiger partial charge in [-0.1, -0.05) is 89.2 Å². The number of alkyl halides is 3. The Morgan fingerprint density at radius 3 is 1.82 bits per heavy atom. The van der Waals surface area contributed by atoms with Crippen LogP contribution >= 0.6 is 0 Å². The molecule has 1 heterocycles. The number of carbonyl (C=O) groups is 5. The number of imide groups is 1. The summed E-state index contributed by atoms with van der Waals surface area (Å²) in [6.45, 7) is 19.8. The van der Waals surface area contributed by atoms with E-state index in [0.717, 1.165) is 12.1 Å². The number of rotatable bonds is 18. The van der Waals surface area contributed by atoms with Crippen molar-refractivity contribution in [2.24, 2.45) is 11.8 Å². The highest BCUT2D eigenvalue weighted by Crippen LogP contribution is 2.39. The maximum Gasteiger partial charge on any atom is 0.416 e. The minimum atomic E-state index is -4.61. The maximum atomic E-state index is 14.9. The van der Waals surface area contributed by atoms with Gasteiger partial charge in [0, 0.05) is 25.4 Å². The van der Waals surface area contributed by atoms with Crippen LogP contribution in [-0.4, -0.2) is 99.2 Å². The van der Waals surface area contributed by atoms with Crippen LogP contribution in [0.3, 0.4) is 0 Å². The molecule has 1 saturated heterocycles. The Bertz CT molecular complexity index is 2140. The number of nitrogens with one attached hydrogen (secondary N) is 4. The van der Waals surface area contributed by atoms with E-state index in [1.54, 1.807) is 77.1 Å². The summed E-state index contributed by atoms with van der Waals surface area (Å²) in [5, 5.41) is 10.6. The molecule has 0 saturated carbocycles. The van der Waals surface area contributed by atoms with Crippen LogP contribution in [-0.2, 0) is 53.7 Å². The Labute approximate surface area is 398 Å². The summed E-state index contributed by atoms with van der Waals surface area (Å²) < 4.78 is 73.4. The molecule has 4 rings (SSSR count). The molecular formula is C50H69F4N5O8Si. The molecule has 0 aromatic heterocycles. The average molecular weight is 972 g/mol. The molecule has 5 unspecified atom stereocenters. The van der Waals surface area contributed by atoms with E-state index in [2.05, 4.69) is 21.3 Å². The standard InChI is InChI=1S/C50H69F4N5O8Si/c1-32(2)42(45(62)55-40(30-33-14-12-11-13-15-33)44(61)58-46(63)59-24-26-65-27-25-59)57-43(60)36(28-34-16-20-37(21-17-34)50(52,53)54)31-41(67-68(9,10)49(6,7)8)39(56-47(64)66-48(3,4)5)29-35-18-22-38(51)23-19-35/h11-23,32,36,39-42H,24-31H2,1-10H3,(H,55,62)(H,56,64)(H,57,60)(H,58,61,63). The van der Waals surface area contributed by atoms with Gasteiger partial charge in [-0.3, -0.25) is 19.7 Å². The second-order valence-corrected chi connectivity index (χ2v) is 25.0. The van der Waals surface area contributed by atoms with E-state index in [9.17, 15) is 41.5 Å². The molecule has 0 bridgehead atoms. The van der Waals surface area contributed by atoms with Gasteiger partial charge in [-0.2, -0.15) is 13.2 Å². The molecule has 1 aliphatic rings. The Kier molecular flexibility index (Phi) is 19.3. The summed E-state index contributed by atoms with van der Waals surface area (Å²) in [7, 11) is -2.77. The quantitative estimate of drug-likeness (QED) is 0.0730. The maximum absolute atomic E-state index is 14.9. The molecule has 13 nitrogen and oxygen atoms in total. The number of benzene rings is 3. The molecule has 18 heteroatoms. The molecule has 68 heavy (non-hydrogen) atoms. The molecule has 4 N–H and O–H groups in total. The van der Waals surface area contributed by atoms with Gasteiger partial charge >= 0.3 is 18.3 Å². The van der Waals surface area contributed by atoms with E-state index >= 15 is 0 Å². The number of urea groups is 1. The number of hydrogen-bond donors (Lipinski definition) is 4. The first-order valence-corrected chi connectivity index (χ1v) is 25.9. The number of hydrogen-bond acceptors (Lipinski definition) is 8. The summed E-state index contributed by atoms with van der Waals surface area (Å²) in [6.07, 6.45) is -6.40. The average Bonchev–Trinajstić information content (AvgIpc) is 3.24. The van der Waals surface area contributed by atoms with Crippen LogP contribution in [0.15, 0.2) is 78.9 Å². The highest BCUT2D eigenvalue weighted by molar-refractivity contribution is 6.74. The summed E-state index contributed by atoms with van der Waals surface area (Å²) in [6, 6.07) is 15.0. The second kappa shape index (κ2) is 23.8. The fraction of sp³-hybridized carbons (Fsp3) is 0.540. The molecule has 1 aliphatic heterocycles. The third-order valence-electron chi connectivity index (χ3n) is 12.1. The normalized spacial score (nSPS) is 15.9. The van der Waals surface area contributed by atoms with Gasteiger partial charge in [0.05, 0.1) is 30.9 Å². The van der Waals surface area contributed by atoms with E-state index < -0.39 is 97.4 Å². The first kappa shape index (κ1) is 55.3. The Morgan fingerprint density at radius 1 is 0.721 bits per heavy atom. The van der Waals surface area contributed by atoms with Crippen LogP contribution < -0.4 is 21.3 Å². The van der Waals surface area contributed by atoms with Gasteiger partial charge in [-0.25, -0.2) is 14.0 Å². The lowest BCUT2D eigenvalue weighted by Gasteiger charge is -2.42. The molecule has 1 fully saturated rings. The largest absolute Gasteiger partial charge is 0.444 e. The number of ether oxygens (including phenoxy) is 2. The van der Waals surface area contributed by atoms with Crippen molar-refractivity contribution in [1.29, 1.82) is 0 Å². The van der Waals surface area contributed by atoms with E-state index in [0.29, 0.717) is 29.9 Å². The zero-order valence-corrected chi connectivity index (χ0v) is 41.9. The van der Waals surface area contributed by atoms with Gasteiger partial charge in [-0.15, -0.1) is 0 Å². The number of morpholine rings is 1. The lowest BCUT2D eigenvalue weighted by molar-refractivity contribution is -0.137. The van der Waals surface area contributed by atoms with Crippen molar-refractivity contribution in [3.8, 4) is 0 Å². The summed E-state index contributed by atoms with van der Waals surface area (Å²) in [5.74, 6) is -4.23. The van der Waals surface area contributed by atoms with Gasteiger partial charge in [0.25, 0.3) is 5.91 Å². The number of alkyl carbamates (subject to hydrolysis) is 1. The minimum absolute atomic E-state index is 0.0106. The highest BCUT2D eigenvalue weighted by atomic mass is 28.4. The van der Waals surface area contributed by atoms with Crippen LogP contribution in [0.2, 0.25) is 18.1 Å². The number of halogens is 4. The SMILES string of the molecule is CC(C)C(NC(=O)C(Cc1ccc(C(F)(F)F)cc1)CC(O[Si](C)(C)C(C)(C)C)C(Cc1ccc(F)cc1)NC(=O)OC(C)(C)C)C(=O)NC(Cc1ccccc1)C(=O)NC(=O)N1CCOCC1.